The summed E-state index contributed by atoms with van der Waals surface area (Å²) in [6.07, 6.45) is -4.69. The van der Waals surface area contributed by atoms with Gasteiger partial charge in [0.1, 0.15) is 10.7 Å². The van der Waals surface area contributed by atoms with Crippen LogP contribution in [0.2, 0.25) is 0 Å². The maximum atomic E-state index is 12.6. The first-order chi connectivity index (χ1) is 12.1. The average molecular weight is 390 g/mol. The van der Waals surface area contributed by atoms with Crippen LogP contribution in [0.1, 0.15) is 48.7 Å². The first-order valence-electron chi connectivity index (χ1n) is 7.10. The SMILES string of the molecule is CCOC(=O)c1c(NC(=O)c2cc(C(F)(F)F)[nH]n2)sc(C(N)=O)c1C. The van der Waals surface area contributed by atoms with Crippen LogP contribution in [0.15, 0.2) is 6.07 Å². The second kappa shape index (κ2) is 7.15. The fraction of sp³-hybridized carbons (Fsp3) is 0.286. The second-order valence-electron chi connectivity index (χ2n) is 4.96. The number of hydrogen-bond donors (Lipinski definition) is 3. The highest BCUT2D eigenvalue weighted by molar-refractivity contribution is 7.18. The molecule has 0 aromatic carbocycles. The minimum atomic E-state index is -4.69. The number of amides is 2. The van der Waals surface area contributed by atoms with Crippen molar-refractivity contribution in [2.75, 3.05) is 11.9 Å². The maximum absolute atomic E-state index is 12.6. The van der Waals surface area contributed by atoms with E-state index in [1.165, 1.54) is 6.92 Å². The number of nitrogens with zero attached hydrogens (tertiary/aromatic N) is 1. The fourth-order valence-corrected chi connectivity index (χ4v) is 3.08. The first-order valence-corrected chi connectivity index (χ1v) is 7.92. The van der Waals surface area contributed by atoms with Gasteiger partial charge in [0.05, 0.1) is 17.0 Å². The van der Waals surface area contributed by atoms with Gasteiger partial charge in [-0.1, -0.05) is 0 Å². The molecule has 0 unspecified atom stereocenters. The molecule has 0 aliphatic carbocycles. The van der Waals surface area contributed by atoms with Crippen molar-refractivity contribution in [3.8, 4) is 0 Å². The number of ether oxygens (including phenoxy) is 1. The van der Waals surface area contributed by atoms with Crippen molar-refractivity contribution in [1.29, 1.82) is 0 Å². The molecule has 12 heteroatoms. The van der Waals surface area contributed by atoms with Crippen molar-refractivity contribution >= 4 is 34.1 Å². The smallest absolute Gasteiger partial charge is 0.432 e. The van der Waals surface area contributed by atoms with Gasteiger partial charge in [0.2, 0.25) is 0 Å². The summed E-state index contributed by atoms with van der Waals surface area (Å²) in [5.41, 5.74) is 3.60. The van der Waals surface area contributed by atoms with Crippen molar-refractivity contribution in [3.63, 3.8) is 0 Å². The molecule has 0 saturated heterocycles. The maximum Gasteiger partial charge on any atom is 0.432 e. The van der Waals surface area contributed by atoms with Crippen LogP contribution >= 0.6 is 11.3 Å². The highest BCUT2D eigenvalue weighted by Gasteiger charge is 2.34. The molecule has 0 bridgehead atoms. The molecule has 8 nitrogen and oxygen atoms in total. The van der Waals surface area contributed by atoms with Crippen molar-refractivity contribution in [2.24, 2.45) is 5.73 Å². The van der Waals surface area contributed by atoms with Crippen LogP contribution in [0, 0.1) is 6.92 Å². The van der Waals surface area contributed by atoms with Crippen LogP contribution in [0.5, 0.6) is 0 Å². The van der Waals surface area contributed by atoms with Gasteiger partial charge in [-0.05, 0) is 19.4 Å². The number of anilines is 1. The fourth-order valence-electron chi connectivity index (χ4n) is 2.04. The van der Waals surface area contributed by atoms with E-state index in [0.717, 1.165) is 0 Å². The highest BCUT2D eigenvalue weighted by Crippen LogP contribution is 2.34. The molecule has 2 aromatic heterocycles. The Morgan fingerprint density at radius 2 is 2.04 bits per heavy atom. The van der Waals surface area contributed by atoms with Gasteiger partial charge < -0.3 is 15.8 Å². The zero-order chi connectivity index (χ0) is 19.6. The van der Waals surface area contributed by atoms with E-state index in [9.17, 15) is 27.6 Å². The predicted octanol–water partition coefficient (Wildman–Crippen LogP) is 2.33. The average Bonchev–Trinajstić information content (AvgIpc) is 3.12. The van der Waals surface area contributed by atoms with E-state index in [-0.39, 0.29) is 27.6 Å². The van der Waals surface area contributed by atoms with Gasteiger partial charge in [-0.15, -0.1) is 11.3 Å². The van der Waals surface area contributed by atoms with Gasteiger partial charge in [0, 0.05) is 6.07 Å². The normalized spacial score (nSPS) is 11.3. The molecular formula is C14H13F3N4O4S. The number of aromatic nitrogens is 2. The van der Waals surface area contributed by atoms with Gasteiger partial charge in [-0.25, -0.2) is 4.79 Å². The standard InChI is InChI=1S/C14H13F3N4O4S/c1-3-25-13(24)8-5(2)9(10(18)22)26-12(8)19-11(23)6-4-7(21-20-6)14(15,16)17/h4H,3H2,1-2H3,(H2,18,22)(H,19,23)(H,20,21). The van der Waals surface area contributed by atoms with Gasteiger partial charge in [-0.3, -0.25) is 14.7 Å². The summed E-state index contributed by atoms with van der Waals surface area (Å²) in [6, 6.07) is 0.523. The third-order valence-corrected chi connectivity index (χ3v) is 4.41. The van der Waals surface area contributed by atoms with Crippen molar-refractivity contribution in [2.45, 2.75) is 20.0 Å². The zero-order valence-electron chi connectivity index (χ0n) is 13.5. The highest BCUT2D eigenvalue weighted by atomic mass is 32.1. The molecule has 0 spiro atoms. The van der Waals surface area contributed by atoms with Gasteiger partial charge in [0.15, 0.2) is 5.69 Å². The lowest BCUT2D eigenvalue weighted by Crippen LogP contribution is -2.15. The van der Waals surface area contributed by atoms with Crippen LogP contribution < -0.4 is 11.1 Å². The minimum Gasteiger partial charge on any atom is -0.462 e. The number of alkyl halides is 3. The summed E-state index contributed by atoms with van der Waals surface area (Å²) in [7, 11) is 0. The number of thiophene rings is 1. The van der Waals surface area contributed by atoms with Gasteiger partial charge in [0.25, 0.3) is 11.8 Å². The van der Waals surface area contributed by atoms with E-state index < -0.39 is 35.3 Å². The molecule has 2 rings (SSSR count). The lowest BCUT2D eigenvalue weighted by atomic mass is 10.1. The Labute approximate surface area is 148 Å². The monoisotopic (exact) mass is 390 g/mol. The quantitative estimate of drug-likeness (QED) is 0.675. The lowest BCUT2D eigenvalue weighted by molar-refractivity contribution is -0.141. The number of rotatable bonds is 5. The second-order valence-corrected chi connectivity index (χ2v) is 5.98. The number of halogens is 3. The molecular weight excluding hydrogens is 377 g/mol. The number of aromatic amines is 1. The molecule has 2 aromatic rings. The Hall–Kier alpha value is -2.89. The summed E-state index contributed by atoms with van der Waals surface area (Å²) in [4.78, 5) is 35.7. The van der Waals surface area contributed by atoms with Gasteiger partial charge in [-0.2, -0.15) is 18.3 Å². The number of nitrogens with one attached hydrogen (secondary N) is 2. The van der Waals surface area contributed by atoms with Crippen molar-refractivity contribution in [3.05, 3.63) is 33.5 Å². The lowest BCUT2D eigenvalue weighted by Gasteiger charge is -2.06. The summed E-state index contributed by atoms with van der Waals surface area (Å²) < 4.78 is 42.6. The Bertz CT molecular complexity index is 872. The van der Waals surface area contributed by atoms with E-state index >= 15 is 0 Å². The summed E-state index contributed by atoms with van der Waals surface area (Å²) in [6.45, 7) is 3.05. The third-order valence-electron chi connectivity index (χ3n) is 3.19. The summed E-state index contributed by atoms with van der Waals surface area (Å²) in [5, 5.41) is 7.20. The number of H-pyrrole nitrogens is 1. The Balaban J connectivity index is 2.37. The van der Waals surface area contributed by atoms with E-state index in [1.54, 1.807) is 12.0 Å². The number of esters is 1. The largest absolute Gasteiger partial charge is 0.462 e. The van der Waals surface area contributed by atoms with Gasteiger partial charge >= 0.3 is 12.1 Å². The molecule has 0 fully saturated rings. The molecule has 26 heavy (non-hydrogen) atoms. The molecule has 2 heterocycles. The number of carbonyl (C=O) groups is 3. The number of primary amides is 1. The molecule has 0 radical (unpaired) electrons. The third kappa shape index (κ3) is 3.85. The Morgan fingerprint density at radius 1 is 1.38 bits per heavy atom. The molecule has 0 atom stereocenters. The van der Waals surface area contributed by atoms with Crippen LogP contribution in [0.4, 0.5) is 18.2 Å². The summed E-state index contributed by atoms with van der Waals surface area (Å²) >= 11 is 0.716. The van der Waals surface area contributed by atoms with Crippen molar-refractivity contribution in [1.82, 2.24) is 10.2 Å². The minimum absolute atomic E-state index is 0.0151. The molecule has 2 amide bonds. The molecule has 4 N–H and O–H groups in total. The van der Waals surface area contributed by atoms with E-state index in [1.807, 2.05) is 0 Å². The Kier molecular flexibility index (Phi) is 5.35. The number of nitrogens with two attached hydrogens (primary N) is 1. The zero-order valence-corrected chi connectivity index (χ0v) is 14.3. The molecule has 0 aliphatic rings. The molecule has 0 saturated carbocycles. The Morgan fingerprint density at radius 3 is 2.54 bits per heavy atom. The van der Waals surface area contributed by atoms with E-state index in [2.05, 4.69) is 10.4 Å². The van der Waals surface area contributed by atoms with Crippen LogP contribution in [-0.4, -0.2) is 34.6 Å². The number of carbonyl (C=O) groups excluding carboxylic acids is 3. The summed E-state index contributed by atoms with van der Waals surface area (Å²) in [5.74, 6) is -2.63. The van der Waals surface area contributed by atoms with Crippen LogP contribution in [0.3, 0.4) is 0 Å². The van der Waals surface area contributed by atoms with Crippen LogP contribution in [0.25, 0.3) is 0 Å². The molecule has 140 valence electrons. The van der Waals surface area contributed by atoms with E-state index in [4.69, 9.17) is 10.5 Å². The number of hydrogen-bond acceptors (Lipinski definition) is 6. The topological polar surface area (TPSA) is 127 Å². The first kappa shape index (κ1) is 19.4. The predicted molar refractivity (Wildman–Crippen MR) is 85.1 cm³/mol. The van der Waals surface area contributed by atoms with E-state index in [0.29, 0.717) is 17.4 Å². The molecule has 0 aliphatic heterocycles. The van der Waals surface area contributed by atoms with Crippen molar-refractivity contribution < 1.29 is 32.3 Å². The van der Waals surface area contributed by atoms with Crippen LogP contribution in [-0.2, 0) is 10.9 Å².